The Morgan fingerprint density at radius 2 is 1.53 bits per heavy atom. The summed E-state index contributed by atoms with van der Waals surface area (Å²) >= 11 is 0. The summed E-state index contributed by atoms with van der Waals surface area (Å²) in [5.41, 5.74) is 0.964. The van der Waals surface area contributed by atoms with Gasteiger partial charge in [0.15, 0.2) is 12.6 Å². The van der Waals surface area contributed by atoms with Crippen molar-refractivity contribution in [2.45, 2.75) is 55.3 Å². The predicted molar refractivity (Wildman–Crippen MR) is 102 cm³/mol. The van der Waals surface area contributed by atoms with Crippen molar-refractivity contribution < 1.29 is 49.6 Å². The van der Waals surface area contributed by atoms with Crippen LogP contribution >= 0.6 is 0 Å². The average molecular weight is 428 g/mol. The van der Waals surface area contributed by atoms with Crippen molar-refractivity contribution in [2.75, 3.05) is 19.8 Å². The van der Waals surface area contributed by atoms with Gasteiger partial charge in [0.2, 0.25) is 0 Å². The Hall–Kier alpha value is -1.44. The molecule has 10 nitrogen and oxygen atoms in total. The molecule has 30 heavy (non-hydrogen) atoms. The Morgan fingerprint density at radius 1 is 0.833 bits per heavy atom. The summed E-state index contributed by atoms with van der Waals surface area (Å²) < 4.78 is 21.5. The fraction of sp³-hybridized carbons (Fsp3) is 0.600. The van der Waals surface area contributed by atoms with Crippen molar-refractivity contribution in [2.24, 2.45) is 0 Å². The van der Waals surface area contributed by atoms with Crippen LogP contribution in [0.3, 0.4) is 0 Å². The first-order chi connectivity index (χ1) is 14.4. The van der Waals surface area contributed by atoms with Crippen LogP contribution in [0.1, 0.15) is 5.56 Å². The van der Waals surface area contributed by atoms with Gasteiger partial charge in [-0.1, -0.05) is 42.5 Å². The number of hydrogen-bond donors (Lipinski definition) is 6. The lowest BCUT2D eigenvalue weighted by Crippen LogP contribution is -2.60. The zero-order valence-electron chi connectivity index (χ0n) is 16.2. The van der Waals surface area contributed by atoms with Gasteiger partial charge in [-0.05, 0) is 5.56 Å². The third-order valence-corrected chi connectivity index (χ3v) is 5.01. The highest BCUT2D eigenvalue weighted by Gasteiger charge is 2.45. The standard InChI is InChI=1S/C20H28O10/c21-12-9-28-19(17(25)14(12)22)29-10-13-15(23)16(24)18(26)20(30-13)27-8-4-7-11-5-2-1-3-6-11/h1-7,12-26H,8-10H2/t12-,13-,14-,15+,16+,17-,18+,19-,20-/m1/s1. The van der Waals surface area contributed by atoms with Crippen molar-refractivity contribution in [3.63, 3.8) is 0 Å². The largest absolute Gasteiger partial charge is 0.388 e. The summed E-state index contributed by atoms with van der Waals surface area (Å²) in [6.45, 7) is -0.478. The van der Waals surface area contributed by atoms with Gasteiger partial charge < -0.3 is 49.6 Å². The van der Waals surface area contributed by atoms with Crippen LogP contribution < -0.4 is 0 Å². The van der Waals surface area contributed by atoms with Gasteiger partial charge in [0.25, 0.3) is 0 Å². The molecule has 1 aromatic carbocycles. The minimum Gasteiger partial charge on any atom is -0.388 e. The predicted octanol–water partition coefficient (Wildman–Crippen LogP) is -2.02. The van der Waals surface area contributed by atoms with E-state index in [-0.39, 0.29) is 19.8 Å². The minimum atomic E-state index is -1.54. The van der Waals surface area contributed by atoms with E-state index in [0.29, 0.717) is 0 Å². The van der Waals surface area contributed by atoms with Crippen LogP contribution in [-0.2, 0) is 18.9 Å². The Balaban J connectivity index is 1.52. The molecule has 3 rings (SSSR count). The zero-order chi connectivity index (χ0) is 21.7. The van der Waals surface area contributed by atoms with Crippen molar-refractivity contribution in [1.29, 1.82) is 0 Å². The topological polar surface area (TPSA) is 158 Å². The highest BCUT2D eigenvalue weighted by atomic mass is 16.7. The van der Waals surface area contributed by atoms with Crippen molar-refractivity contribution in [3.8, 4) is 0 Å². The molecule has 9 atom stereocenters. The van der Waals surface area contributed by atoms with Crippen LogP contribution in [-0.4, -0.2) is 106 Å². The maximum absolute atomic E-state index is 10.2. The van der Waals surface area contributed by atoms with E-state index in [1.54, 1.807) is 6.08 Å². The molecule has 0 radical (unpaired) electrons. The van der Waals surface area contributed by atoms with Gasteiger partial charge in [-0.25, -0.2) is 0 Å². The molecule has 0 saturated carbocycles. The van der Waals surface area contributed by atoms with Crippen LogP contribution in [0.2, 0.25) is 0 Å². The van der Waals surface area contributed by atoms with E-state index in [1.807, 2.05) is 36.4 Å². The number of benzene rings is 1. The number of aliphatic hydroxyl groups is 6. The summed E-state index contributed by atoms with van der Waals surface area (Å²) in [5.74, 6) is 0. The molecule has 10 heteroatoms. The van der Waals surface area contributed by atoms with Gasteiger partial charge in [0.1, 0.15) is 42.7 Å². The molecule has 0 amide bonds. The summed E-state index contributed by atoms with van der Waals surface area (Å²) in [6, 6.07) is 9.50. The lowest BCUT2D eigenvalue weighted by atomic mass is 9.99. The second-order valence-corrected chi connectivity index (χ2v) is 7.24. The monoisotopic (exact) mass is 428 g/mol. The SMILES string of the molecule is O[C@@H]1[C@H](O)[C@H](OCC=Cc2ccccc2)O[C@H](CO[C@H]2OC[C@@H](O)[C@@H](O)[C@H]2O)[C@@H]1O. The molecule has 0 unspecified atom stereocenters. The maximum Gasteiger partial charge on any atom is 0.187 e. The molecule has 0 spiro atoms. The quantitative estimate of drug-likeness (QED) is 0.286. The molecule has 2 aliphatic heterocycles. The molecule has 2 aliphatic rings. The first kappa shape index (κ1) is 23.2. The Kier molecular flexibility index (Phi) is 8.31. The van der Waals surface area contributed by atoms with Crippen molar-refractivity contribution in [1.82, 2.24) is 0 Å². The van der Waals surface area contributed by atoms with E-state index >= 15 is 0 Å². The third-order valence-electron chi connectivity index (χ3n) is 5.01. The van der Waals surface area contributed by atoms with E-state index in [9.17, 15) is 30.6 Å². The molecule has 2 saturated heterocycles. The lowest BCUT2D eigenvalue weighted by Gasteiger charge is -2.41. The smallest absolute Gasteiger partial charge is 0.187 e. The van der Waals surface area contributed by atoms with E-state index in [0.717, 1.165) is 5.56 Å². The number of ether oxygens (including phenoxy) is 4. The zero-order valence-corrected chi connectivity index (χ0v) is 16.2. The van der Waals surface area contributed by atoms with Gasteiger partial charge in [-0.3, -0.25) is 0 Å². The molecular weight excluding hydrogens is 400 g/mol. The second kappa shape index (κ2) is 10.7. The summed E-state index contributed by atoms with van der Waals surface area (Å²) in [4.78, 5) is 0. The van der Waals surface area contributed by atoms with Crippen molar-refractivity contribution >= 4 is 6.08 Å². The Labute approximate surface area is 173 Å². The Bertz CT molecular complexity index is 671. The molecule has 0 aliphatic carbocycles. The third kappa shape index (κ3) is 5.62. The molecule has 2 heterocycles. The minimum absolute atomic E-state index is 0.0849. The van der Waals surface area contributed by atoms with Crippen LogP contribution in [0.4, 0.5) is 0 Å². The van der Waals surface area contributed by atoms with Gasteiger partial charge in [-0.15, -0.1) is 0 Å². The summed E-state index contributed by atoms with van der Waals surface area (Å²) in [6.07, 6.45) is -8.71. The number of aliphatic hydroxyl groups excluding tert-OH is 6. The lowest BCUT2D eigenvalue weighted by molar-refractivity contribution is -0.319. The molecule has 1 aromatic rings. The molecular formula is C20H28O10. The second-order valence-electron chi connectivity index (χ2n) is 7.24. The van der Waals surface area contributed by atoms with Gasteiger partial charge >= 0.3 is 0 Å². The molecule has 2 fully saturated rings. The fourth-order valence-corrected chi connectivity index (χ4v) is 3.21. The van der Waals surface area contributed by atoms with Crippen LogP contribution in [0.15, 0.2) is 36.4 Å². The van der Waals surface area contributed by atoms with Crippen molar-refractivity contribution in [3.05, 3.63) is 42.0 Å². The van der Waals surface area contributed by atoms with Gasteiger partial charge in [0.05, 0.1) is 19.8 Å². The van der Waals surface area contributed by atoms with E-state index in [1.165, 1.54) is 0 Å². The highest BCUT2D eigenvalue weighted by molar-refractivity contribution is 5.48. The molecule has 168 valence electrons. The molecule has 6 N–H and O–H groups in total. The van der Waals surface area contributed by atoms with Crippen LogP contribution in [0.25, 0.3) is 6.08 Å². The van der Waals surface area contributed by atoms with E-state index in [4.69, 9.17) is 18.9 Å². The van der Waals surface area contributed by atoms with Crippen LogP contribution in [0, 0.1) is 0 Å². The van der Waals surface area contributed by atoms with Gasteiger partial charge in [0, 0.05) is 0 Å². The van der Waals surface area contributed by atoms with Crippen LogP contribution in [0.5, 0.6) is 0 Å². The highest BCUT2D eigenvalue weighted by Crippen LogP contribution is 2.24. The number of rotatable bonds is 7. The fourth-order valence-electron chi connectivity index (χ4n) is 3.21. The Morgan fingerprint density at radius 3 is 2.27 bits per heavy atom. The summed E-state index contributed by atoms with van der Waals surface area (Å²) in [5, 5.41) is 59.4. The average Bonchev–Trinajstić information content (AvgIpc) is 2.76. The first-order valence-corrected chi connectivity index (χ1v) is 9.68. The molecule has 0 aromatic heterocycles. The first-order valence-electron chi connectivity index (χ1n) is 9.68. The number of hydrogen-bond acceptors (Lipinski definition) is 10. The van der Waals surface area contributed by atoms with E-state index in [2.05, 4.69) is 0 Å². The molecule has 0 bridgehead atoms. The van der Waals surface area contributed by atoms with Gasteiger partial charge in [-0.2, -0.15) is 0 Å². The summed E-state index contributed by atoms with van der Waals surface area (Å²) in [7, 11) is 0. The normalized spacial score (nSPS) is 40.0. The van der Waals surface area contributed by atoms with E-state index < -0.39 is 55.3 Å². The maximum atomic E-state index is 10.2.